The lowest BCUT2D eigenvalue weighted by Gasteiger charge is -2.11. The van der Waals surface area contributed by atoms with Gasteiger partial charge in [-0.05, 0) is 6.42 Å². The van der Waals surface area contributed by atoms with E-state index in [1.54, 1.807) is 6.92 Å². The molecule has 0 aromatic carbocycles. The molecular weight excluding hydrogens is 163 g/mol. The van der Waals surface area contributed by atoms with Gasteiger partial charge >= 0.3 is 5.97 Å². The van der Waals surface area contributed by atoms with Gasteiger partial charge in [0.15, 0.2) is 0 Å². The molecule has 0 radical (unpaired) electrons. The van der Waals surface area contributed by atoms with Crippen LogP contribution < -0.4 is 0 Å². The van der Waals surface area contributed by atoms with Crippen LogP contribution in [0.15, 0.2) is 12.7 Å². The van der Waals surface area contributed by atoms with Crippen LogP contribution in [0.2, 0.25) is 0 Å². The van der Waals surface area contributed by atoms with Gasteiger partial charge in [-0.15, -0.1) is 0 Å². The maximum absolute atomic E-state index is 12.8. The number of halogens is 1. The second-order valence-corrected chi connectivity index (χ2v) is 2.30. The van der Waals surface area contributed by atoms with Gasteiger partial charge in [-0.2, -0.15) is 0 Å². The van der Waals surface area contributed by atoms with Crippen molar-refractivity contribution in [1.29, 1.82) is 0 Å². The summed E-state index contributed by atoms with van der Waals surface area (Å²) < 4.78 is 17.1. The Hall–Kier alpha value is -0.900. The maximum atomic E-state index is 12.8. The average molecular weight is 176 g/mol. The molecule has 0 saturated heterocycles. The van der Waals surface area contributed by atoms with Gasteiger partial charge in [-0.25, -0.2) is 9.18 Å². The number of esters is 1. The van der Waals surface area contributed by atoms with Crippen molar-refractivity contribution in [1.82, 2.24) is 0 Å². The third-order valence-corrected chi connectivity index (χ3v) is 1.32. The summed E-state index contributed by atoms with van der Waals surface area (Å²) in [5.41, 5.74) is 0. The SMILES string of the molecule is C=CCOC(=O)C(F)C(O)CC. The number of hydrogen-bond donors (Lipinski definition) is 1. The average Bonchev–Trinajstić information content (AvgIpc) is 2.11. The maximum Gasteiger partial charge on any atom is 0.343 e. The van der Waals surface area contributed by atoms with Gasteiger partial charge in [0.05, 0.1) is 6.10 Å². The van der Waals surface area contributed by atoms with Crippen molar-refractivity contribution in [2.75, 3.05) is 6.61 Å². The van der Waals surface area contributed by atoms with Gasteiger partial charge in [-0.1, -0.05) is 19.6 Å². The van der Waals surface area contributed by atoms with Crippen LogP contribution in [0.1, 0.15) is 13.3 Å². The van der Waals surface area contributed by atoms with Crippen molar-refractivity contribution in [3.8, 4) is 0 Å². The number of hydrogen-bond acceptors (Lipinski definition) is 3. The van der Waals surface area contributed by atoms with Crippen LogP contribution in [0.25, 0.3) is 0 Å². The van der Waals surface area contributed by atoms with Crippen molar-refractivity contribution >= 4 is 5.97 Å². The van der Waals surface area contributed by atoms with Crippen molar-refractivity contribution in [2.45, 2.75) is 25.6 Å². The summed E-state index contributed by atoms with van der Waals surface area (Å²) in [5, 5.41) is 8.89. The van der Waals surface area contributed by atoms with Crippen LogP contribution >= 0.6 is 0 Å². The second-order valence-electron chi connectivity index (χ2n) is 2.30. The molecule has 0 fully saturated rings. The van der Waals surface area contributed by atoms with E-state index in [9.17, 15) is 9.18 Å². The van der Waals surface area contributed by atoms with Gasteiger partial charge < -0.3 is 9.84 Å². The summed E-state index contributed by atoms with van der Waals surface area (Å²) in [4.78, 5) is 10.7. The highest BCUT2D eigenvalue weighted by molar-refractivity contribution is 5.75. The summed E-state index contributed by atoms with van der Waals surface area (Å²) >= 11 is 0. The Morgan fingerprint density at radius 2 is 2.42 bits per heavy atom. The van der Waals surface area contributed by atoms with Crippen molar-refractivity contribution in [3.63, 3.8) is 0 Å². The second kappa shape index (κ2) is 5.71. The van der Waals surface area contributed by atoms with Crippen molar-refractivity contribution in [2.24, 2.45) is 0 Å². The Morgan fingerprint density at radius 3 is 2.83 bits per heavy atom. The highest BCUT2D eigenvalue weighted by Gasteiger charge is 2.25. The van der Waals surface area contributed by atoms with E-state index in [1.165, 1.54) is 6.08 Å². The molecule has 2 unspecified atom stereocenters. The van der Waals surface area contributed by atoms with Gasteiger partial charge in [0.25, 0.3) is 0 Å². The van der Waals surface area contributed by atoms with Crippen molar-refractivity contribution < 1.29 is 19.0 Å². The molecular formula is C8H13FO3. The van der Waals surface area contributed by atoms with Crippen LogP contribution in [-0.4, -0.2) is 30.0 Å². The van der Waals surface area contributed by atoms with Crippen LogP contribution in [0.3, 0.4) is 0 Å². The van der Waals surface area contributed by atoms with Crippen LogP contribution in [0.5, 0.6) is 0 Å². The molecule has 0 aromatic heterocycles. The Morgan fingerprint density at radius 1 is 1.83 bits per heavy atom. The van der Waals surface area contributed by atoms with E-state index >= 15 is 0 Å². The normalized spacial score (nSPS) is 14.9. The zero-order valence-electron chi connectivity index (χ0n) is 7.00. The third kappa shape index (κ3) is 3.48. The monoisotopic (exact) mass is 176 g/mol. The lowest BCUT2D eigenvalue weighted by atomic mass is 10.2. The predicted molar refractivity (Wildman–Crippen MR) is 42.3 cm³/mol. The molecule has 0 saturated carbocycles. The summed E-state index contributed by atoms with van der Waals surface area (Å²) in [7, 11) is 0. The van der Waals surface area contributed by atoms with E-state index in [2.05, 4.69) is 11.3 Å². The first-order valence-corrected chi connectivity index (χ1v) is 3.73. The minimum Gasteiger partial charge on any atom is -0.459 e. The largest absolute Gasteiger partial charge is 0.459 e. The van der Waals surface area contributed by atoms with E-state index in [4.69, 9.17) is 5.11 Å². The minimum atomic E-state index is -1.95. The summed E-state index contributed by atoms with van der Waals surface area (Å²) in [6, 6.07) is 0. The van der Waals surface area contributed by atoms with E-state index in [0.717, 1.165) is 0 Å². The number of carbonyl (C=O) groups is 1. The molecule has 4 heteroatoms. The number of ether oxygens (including phenoxy) is 1. The Kier molecular flexibility index (Phi) is 5.28. The highest BCUT2D eigenvalue weighted by Crippen LogP contribution is 2.05. The zero-order chi connectivity index (χ0) is 9.56. The molecule has 0 aromatic rings. The fraction of sp³-hybridized carbons (Fsp3) is 0.625. The smallest absolute Gasteiger partial charge is 0.343 e. The lowest BCUT2D eigenvalue weighted by Crippen LogP contribution is -2.31. The van der Waals surface area contributed by atoms with Crippen molar-refractivity contribution in [3.05, 3.63) is 12.7 Å². The number of aliphatic hydroxyl groups excluding tert-OH is 1. The molecule has 1 N–H and O–H groups in total. The number of carbonyl (C=O) groups excluding carboxylic acids is 1. The number of rotatable bonds is 5. The first-order valence-electron chi connectivity index (χ1n) is 3.73. The summed E-state index contributed by atoms with van der Waals surface area (Å²) in [6.45, 7) is 4.84. The number of alkyl halides is 1. The summed E-state index contributed by atoms with van der Waals surface area (Å²) in [6.07, 6.45) is -1.70. The van der Waals surface area contributed by atoms with Crippen LogP contribution in [0.4, 0.5) is 4.39 Å². The minimum absolute atomic E-state index is 0.0321. The van der Waals surface area contributed by atoms with E-state index in [-0.39, 0.29) is 13.0 Å². The first-order chi connectivity index (χ1) is 5.63. The van der Waals surface area contributed by atoms with Gasteiger partial charge in [0, 0.05) is 0 Å². The highest BCUT2D eigenvalue weighted by atomic mass is 19.1. The molecule has 12 heavy (non-hydrogen) atoms. The standard InChI is InChI=1S/C8H13FO3/c1-3-5-12-8(11)7(9)6(10)4-2/h3,6-7,10H,1,4-5H2,2H3. The fourth-order valence-corrected chi connectivity index (χ4v) is 0.585. The van der Waals surface area contributed by atoms with Gasteiger partial charge in [0.2, 0.25) is 6.17 Å². The molecule has 2 atom stereocenters. The number of aliphatic hydroxyl groups is 1. The molecule has 0 aliphatic carbocycles. The van der Waals surface area contributed by atoms with Gasteiger partial charge in [-0.3, -0.25) is 0 Å². The predicted octanol–water partition coefficient (Wildman–Crippen LogP) is 0.825. The topological polar surface area (TPSA) is 46.5 Å². The molecule has 70 valence electrons. The Balaban J connectivity index is 3.83. The molecule has 0 aliphatic rings. The molecule has 0 amide bonds. The molecule has 0 heterocycles. The quantitative estimate of drug-likeness (QED) is 0.498. The zero-order valence-corrected chi connectivity index (χ0v) is 7.00. The molecule has 0 bridgehead atoms. The first kappa shape index (κ1) is 11.1. The molecule has 0 aliphatic heterocycles. The van der Waals surface area contributed by atoms with Gasteiger partial charge in [0.1, 0.15) is 6.61 Å². The molecule has 0 rings (SSSR count). The summed E-state index contributed by atoms with van der Waals surface area (Å²) in [5.74, 6) is -1.04. The lowest BCUT2D eigenvalue weighted by molar-refractivity contribution is -0.152. The van der Waals surface area contributed by atoms with E-state index < -0.39 is 18.2 Å². The van der Waals surface area contributed by atoms with E-state index in [0.29, 0.717) is 0 Å². The van der Waals surface area contributed by atoms with Crippen LogP contribution in [-0.2, 0) is 9.53 Å². The Labute approximate surface area is 70.8 Å². The van der Waals surface area contributed by atoms with E-state index in [1.807, 2.05) is 0 Å². The molecule has 3 nitrogen and oxygen atoms in total. The third-order valence-electron chi connectivity index (χ3n) is 1.32. The fourth-order valence-electron chi connectivity index (χ4n) is 0.585. The van der Waals surface area contributed by atoms with Crippen LogP contribution in [0, 0.1) is 0 Å². The Bertz CT molecular complexity index is 158. The molecule has 0 spiro atoms.